The second-order valence-electron chi connectivity index (χ2n) is 7.18. The van der Waals surface area contributed by atoms with Crippen molar-refractivity contribution in [3.8, 4) is 5.69 Å². The number of nitrogens with one attached hydrogen (secondary N) is 1. The van der Waals surface area contributed by atoms with Crippen LogP contribution in [0.4, 0.5) is 0 Å². The molecule has 1 aromatic carbocycles. The summed E-state index contributed by atoms with van der Waals surface area (Å²) >= 11 is 0. The van der Waals surface area contributed by atoms with Gasteiger partial charge in [0.15, 0.2) is 0 Å². The van der Waals surface area contributed by atoms with Crippen LogP contribution in [0.3, 0.4) is 0 Å². The van der Waals surface area contributed by atoms with Gasteiger partial charge < -0.3 is 15.0 Å². The molecule has 1 N–H and O–H groups in total. The number of rotatable bonds is 9. The second-order valence-corrected chi connectivity index (χ2v) is 7.18. The quantitative estimate of drug-likeness (QED) is 0.495. The molecule has 0 unspecified atom stereocenters. The SMILES string of the molecule is COCCCNC(=O)CN1CCN(C(=O)/C=C/c2cnn(-c3ccccc3)c2)CC1. The van der Waals surface area contributed by atoms with Gasteiger partial charge in [-0.25, -0.2) is 4.68 Å². The molecule has 3 rings (SSSR count). The third-order valence-electron chi connectivity index (χ3n) is 4.94. The molecule has 2 amide bonds. The van der Waals surface area contributed by atoms with Crippen LogP contribution in [0.2, 0.25) is 0 Å². The predicted molar refractivity (Wildman–Crippen MR) is 115 cm³/mol. The van der Waals surface area contributed by atoms with Crippen LogP contribution in [0.5, 0.6) is 0 Å². The lowest BCUT2D eigenvalue weighted by molar-refractivity contribution is -0.128. The number of para-hydroxylation sites is 1. The molecule has 0 spiro atoms. The molecule has 1 aliphatic heterocycles. The number of methoxy groups -OCH3 is 1. The van der Waals surface area contributed by atoms with Crippen LogP contribution in [-0.4, -0.2) is 84.4 Å². The summed E-state index contributed by atoms with van der Waals surface area (Å²) < 4.78 is 6.75. The molecular formula is C22H29N5O3. The number of piperazine rings is 1. The van der Waals surface area contributed by atoms with Gasteiger partial charge >= 0.3 is 0 Å². The van der Waals surface area contributed by atoms with E-state index in [4.69, 9.17) is 4.74 Å². The second kappa shape index (κ2) is 11.3. The minimum absolute atomic E-state index is 0.0150. The van der Waals surface area contributed by atoms with Crippen molar-refractivity contribution in [3.63, 3.8) is 0 Å². The zero-order valence-corrected chi connectivity index (χ0v) is 17.4. The highest BCUT2D eigenvalue weighted by Gasteiger charge is 2.21. The highest BCUT2D eigenvalue weighted by Crippen LogP contribution is 2.09. The highest BCUT2D eigenvalue weighted by atomic mass is 16.5. The lowest BCUT2D eigenvalue weighted by Crippen LogP contribution is -2.50. The van der Waals surface area contributed by atoms with Gasteiger partial charge in [0, 0.05) is 64.3 Å². The fourth-order valence-electron chi connectivity index (χ4n) is 3.25. The number of carbonyl (C=O) groups is 2. The molecule has 0 saturated carbocycles. The van der Waals surface area contributed by atoms with Gasteiger partial charge in [-0.05, 0) is 24.6 Å². The smallest absolute Gasteiger partial charge is 0.246 e. The predicted octanol–water partition coefficient (Wildman–Crippen LogP) is 1.18. The van der Waals surface area contributed by atoms with Crippen LogP contribution in [0.1, 0.15) is 12.0 Å². The zero-order chi connectivity index (χ0) is 21.2. The molecule has 1 saturated heterocycles. The molecule has 1 aromatic heterocycles. The first-order valence-corrected chi connectivity index (χ1v) is 10.2. The Hall–Kier alpha value is -2.97. The molecule has 8 nitrogen and oxygen atoms in total. The van der Waals surface area contributed by atoms with Gasteiger partial charge in [0.2, 0.25) is 11.8 Å². The number of ether oxygens (including phenoxy) is 1. The summed E-state index contributed by atoms with van der Waals surface area (Å²) in [6.07, 6.45) is 7.81. The number of hydrogen-bond donors (Lipinski definition) is 1. The maximum Gasteiger partial charge on any atom is 0.246 e. The Morgan fingerprint density at radius 2 is 1.93 bits per heavy atom. The van der Waals surface area contributed by atoms with E-state index in [1.165, 1.54) is 0 Å². The average Bonchev–Trinajstić information content (AvgIpc) is 3.25. The van der Waals surface area contributed by atoms with E-state index in [1.54, 1.807) is 30.1 Å². The summed E-state index contributed by atoms with van der Waals surface area (Å²) in [5.41, 5.74) is 1.85. The molecule has 1 fully saturated rings. The standard InChI is InChI=1S/C22H29N5O3/c1-30-15-5-10-23-21(28)18-25-11-13-26(14-12-25)22(29)9-8-19-16-24-27(17-19)20-6-3-2-4-7-20/h2-4,6-9,16-17H,5,10-15,18H2,1H3,(H,23,28)/b9-8+. The van der Waals surface area contributed by atoms with Crippen molar-refractivity contribution in [2.75, 3.05) is 53.0 Å². The lowest BCUT2D eigenvalue weighted by atomic mass is 10.2. The van der Waals surface area contributed by atoms with Gasteiger partial charge in [-0.1, -0.05) is 18.2 Å². The van der Waals surface area contributed by atoms with Crippen molar-refractivity contribution in [2.45, 2.75) is 6.42 Å². The first kappa shape index (κ1) is 21.7. The fraction of sp³-hybridized carbons (Fsp3) is 0.409. The monoisotopic (exact) mass is 411 g/mol. The van der Waals surface area contributed by atoms with E-state index in [0.29, 0.717) is 45.9 Å². The molecule has 0 aliphatic carbocycles. The van der Waals surface area contributed by atoms with Gasteiger partial charge in [0.25, 0.3) is 0 Å². The Kier molecular flexibility index (Phi) is 8.17. The van der Waals surface area contributed by atoms with Crippen LogP contribution < -0.4 is 5.32 Å². The Labute approximate surface area is 177 Å². The van der Waals surface area contributed by atoms with Crippen LogP contribution >= 0.6 is 0 Å². The molecule has 8 heteroatoms. The van der Waals surface area contributed by atoms with Crippen molar-refractivity contribution in [2.24, 2.45) is 0 Å². The average molecular weight is 412 g/mol. The molecule has 2 heterocycles. The lowest BCUT2D eigenvalue weighted by Gasteiger charge is -2.33. The van der Waals surface area contributed by atoms with E-state index in [-0.39, 0.29) is 11.8 Å². The van der Waals surface area contributed by atoms with E-state index in [0.717, 1.165) is 17.7 Å². The normalized spacial score (nSPS) is 14.9. The molecule has 0 atom stereocenters. The zero-order valence-electron chi connectivity index (χ0n) is 17.4. The third kappa shape index (κ3) is 6.53. The van der Waals surface area contributed by atoms with Crippen molar-refractivity contribution < 1.29 is 14.3 Å². The van der Waals surface area contributed by atoms with Crippen LogP contribution in [0.15, 0.2) is 48.8 Å². The molecule has 160 valence electrons. The van der Waals surface area contributed by atoms with E-state index < -0.39 is 0 Å². The Morgan fingerprint density at radius 1 is 1.17 bits per heavy atom. The number of carbonyl (C=O) groups excluding carboxylic acids is 2. The summed E-state index contributed by atoms with van der Waals surface area (Å²) in [5.74, 6) is -0.00710. The third-order valence-corrected chi connectivity index (χ3v) is 4.94. The maximum absolute atomic E-state index is 12.5. The van der Waals surface area contributed by atoms with Crippen molar-refractivity contribution in [3.05, 3.63) is 54.4 Å². The number of amides is 2. The van der Waals surface area contributed by atoms with E-state index >= 15 is 0 Å². The van der Waals surface area contributed by atoms with Crippen molar-refractivity contribution in [1.29, 1.82) is 0 Å². The van der Waals surface area contributed by atoms with Gasteiger partial charge in [0.1, 0.15) is 0 Å². The number of aromatic nitrogens is 2. The van der Waals surface area contributed by atoms with E-state index in [1.807, 2.05) is 41.4 Å². The molecule has 30 heavy (non-hydrogen) atoms. The number of nitrogens with zero attached hydrogens (tertiary/aromatic N) is 4. The summed E-state index contributed by atoms with van der Waals surface area (Å²) in [6.45, 7) is 4.24. The molecule has 0 bridgehead atoms. The summed E-state index contributed by atoms with van der Waals surface area (Å²) in [5, 5.41) is 7.23. The van der Waals surface area contributed by atoms with E-state index in [2.05, 4.69) is 15.3 Å². The fourth-order valence-corrected chi connectivity index (χ4v) is 3.25. The molecule has 2 aromatic rings. The molecule has 1 aliphatic rings. The minimum atomic E-state index is -0.0221. The minimum Gasteiger partial charge on any atom is -0.385 e. The van der Waals surface area contributed by atoms with E-state index in [9.17, 15) is 9.59 Å². The summed E-state index contributed by atoms with van der Waals surface area (Å²) in [4.78, 5) is 28.3. The topological polar surface area (TPSA) is 79.7 Å². The van der Waals surface area contributed by atoms with Gasteiger partial charge in [-0.2, -0.15) is 5.10 Å². The Bertz CT molecular complexity index is 841. The van der Waals surface area contributed by atoms with Crippen molar-refractivity contribution >= 4 is 17.9 Å². The van der Waals surface area contributed by atoms with Gasteiger partial charge in [0.05, 0.1) is 18.4 Å². The van der Waals surface area contributed by atoms with Crippen LogP contribution in [0.25, 0.3) is 11.8 Å². The largest absolute Gasteiger partial charge is 0.385 e. The summed E-state index contributed by atoms with van der Waals surface area (Å²) in [6, 6.07) is 9.83. The molecule has 0 radical (unpaired) electrons. The first-order chi connectivity index (χ1) is 14.7. The van der Waals surface area contributed by atoms with Crippen molar-refractivity contribution in [1.82, 2.24) is 24.9 Å². The highest BCUT2D eigenvalue weighted by molar-refractivity contribution is 5.91. The van der Waals surface area contributed by atoms with Gasteiger partial charge in [-0.3, -0.25) is 14.5 Å². The molecular weight excluding hydrogens is 382 g/mol. The Morgan fingerprint density at radius 3 is 2.67 bits per heavy atom. The number of benzene rings is 1. The first-order valence-electron chi connectivity index (χ1n) is 10.2. The van der Waals surface area contributed by atoms with Gasteiger partial charge in [-0.15, -0.1) is 0 Å². The Balaban J connectivity index is 1.41. The maximum atomic E-state index is 12.5. The number of hydrogen-bond acceptors (Lipinski definition) is 5. The summed E-state index contributed by atoms with van der Waals surface area (Å²) in [7, 11) is 1.65. The van der Waals surface area contributed by atoms with Crippen LogP contribution in [-0.2, 0) is 14.3 Å². The van der Waals surface area contributed by atoms with Crippen LogP contribution in [0, 0.1) is 0 Å².